The fourth-order valence-electron chi connectivity index (χ4n) is 1.87. The summed E-state index contributed by atoms with van der Waals surface area (Å²) in [6, 6.07) is 13.8. The van der Waals surface area contributed by atoms with Crippen LogP contribution in [0.25, 0.3) is 0 Å². The first kappa shape index (κ1) is 18.8. The van der Waals surface area contributed by atoms with Gasteiger partial charge in [-0.3, -0.25) is 0 Å². The molecule has 0 fully saturated rings. The fourth-order valence-corrected chi connectivity index (χ4v) is 2.27. The minimum atomic E-state index is 0. The summed E-state index contributed by atoms with van der Waals surface area (Å²) < 4.78 is 6.30. The summed E-state index contributed by atoms with van der Waals surface area (Å²) in [5.74, 6) is 1.17. The Balaban J connectivity index is 0.00000242. The zero-order valence-corrected chi connectivity index (χ0v) is 16.4. The molecule has 0 aliphatic rings. The molecule has 0 saturated heterocycles. The number of guanidine groups is 1. The van der Waals surface area contributed by atoms with E-state index < -0.39 is 0 Å². The molecular formula is C16H19BrIN3O. The molecule has 0 spiro atoms. The van der Waals surface area contributed by atoms with Crippen molar-refractivity contribution in [3.05, 3.63) is 58.1 Å². The topological polar surface area (TPSA) is 59.6 Å². The van der Waals surface area contributed by atoms with E-state index in [0.717, 1.165) is 21.5 Å². The van der Waals surface area contributed by atoms with E-state index in [1.54, 1.807) is 7.11 Å². The molecular weight excluding hydrogens is 457 g/mol. The lowest BCUT2D eigenvalue weighted by atomic mass is 10.2. The number of ether oxygens (including phenoxy) is 1. The minimum absolute atomic E-state index is 0. The monoisotopic (exact) mass is 475 g/mol. The SMILES string of the molecule is COc1ccc(Br)cc1CN=C(N)Nc1ccc(C)cc1.I. The quantitative estimate of drug-likeness (QED) is 0.393. The van der Waals surface area contributed by atoms with E-state index in [4.69, 9.17) is 10.5 Å². The number of anilines is 1. The normalized spacial score (nSPS) is 10.8. The molecule has 118 valence electrons. The molecule has 3 N–H and O–H groups in total. The first-order valence-electron chi connectivity index (χ1n) is 6.54. The van der Waals surface area contributed by atoms with Gasteiger partial charge in [-0.15, -0.1) is 24.0 Å². The lowest BCUT2D eigenvalue weighted by Crippen LogP contribution is -2.22. The van der Waals surface area contributed by atoms with E-state index in [1.165, 1.54) is 5.56 Å². The number of rotatable bonds is 4. The molecule has 0 saturated carbocycles. The van der Waals surface area contributed by atoms with Gasteiger partial charge in [0.05, 0.1) is 13.7 Å². The van der Waals surface area contributed by atoms with Gasteiger partial charge >= 0.3 is 0 Å². The van der Waals surface area contributed by atoms with E-state index >= 15 is 0 Å². The van der Waals surface area contributed by atoms with E-state index in [2.05, 4.69) is 26.2 Å². The summed E-state index contributed by atoms with van der Waals surface area (Å²) in [7, 11) is 1.64. The molecule has 2 aromatic rings. The number of nitrogens with two attached hydrogens (primary N) is 1. The van der Waals surface area contributed by atoms with Crippen LogP contribution in [0.4, 0.5) is 5.69 Å². The third-order valence-electron chi connectivity index (χ3n) is 2.99. The Bertz CT molecular complexity index is 644. The van der Waals surface area contributed by atoms with Gasteiger partial charge in [-0.05, 0) is 37.3 Å². The van der Waals surface area contributed by atoms with Crippen molar-refractivity contribution in [1.29, 1.82) is 0 Å². The standard InChI is InChI=1S/C16H18BrN3O.HI/c1-11-3-6-14(7-4-11)20-16(18)19-10-12-9-13(17)5-8-15(12)21-2;/h3-9H,10H2,1-2H3,(H3,18,19,20);1H. The van der Waals surface area contributed by atoms with Crippen LogP contribution in [0.15, 0.2) is 51.9 Å². The second-order valence-corrected chi connectivity index (χ2v) is 5.56. The lowest BCUT2D eigenvalue weighted by molar-refractivity contribution is 0.410. The van der Waals surface area contributed by atoms with Crippen molar-refractivity contribution in [2.45, 2.75) is 13.5 Å². The molecule has 2 rings (SSSR count). The second kappa shape index (κ2) is 8.99. The third kappa shape index (κ3) is 5.49. The summed E-state index contributed by atoms with van der Waals surface area (Å²) in [5, 5.41) is 3.07. The first-order chi connectivity index (χ1) is 10.1. The predicted molar refractivity (Wildman–Crippen MR) is 106 cm³/mol. The molecule has 2 aromatic carbocycles. The van der Waals surface area contributed by atoms with Crippen molar-refractivity contribution in [2.75, 3.05) is 12.4 Å². The molecule has 0 heterocycles. The maximum Gasteiger partial charge on any atom is 0.193 e. The Hall–Kier alpha value is -1.28. The Morgan fingerprint density at radius 2 is 1.91 bits per heavy atom. The van der Waals surface area contributed by atoms with E-state index in [-0.39, 0.29) is 24.0 Å². The number of aliphatic imine (C=N–C) groups is 1. The summed E-state index contributed by atoms with van der Waals surface area (Å²) in [4.78, 5) is 4.34. The molecule has 0 atom stereocenters. The zero-order chi connectivity index (χ0) is 15.2. The lowest BCUT2D eigenvalue weighted by Gasteiger charge is -2.09. The van der Waals surface area contributed by atoms with Gasteiger partial charge in [-0.2, -0.15) is 0 Å². The predicted octanol–water partition coefficient (Wildman–Crippen LogP) is 4.31. The fraction of sp³-hybridized carbons (Fsp3) is 0.188. The van der Waals surface area contributed by atoms with Crippen molar-refractivity contribution in [2.24, 2.45) is 10.7 Å². The Kier molecular flexibility index (Phi) is 7.67. The highest BCUT2D eigenvalue weighted by molar-refractivity contribution is 14.0. The maximum absolute atomic E-state index is 5.91. The summed E-state index contributed by atoms with van der Waals surface area (Å²) in [6.45, 7) is 2.49. The van der Waals surface area contributed by atoms with Crippen LogP contribution in [0.3, 0.4) is 0 Å². The molecule has 22 heavy (non-hydrogen) atoms. The van der Waals surface area contributed by atoms with Gasteiger partial charge in [0, 0.05) is 15.7 Å². The Morgan fingerprint density at radius 1 is 1.23 bits per heavy atom. The number of hydrogen-bond acceptors (Lipinski definition) is 2. The van der Waals surface area contributed by atoms with E-state index in [0.29, 0.717) is 12.5 Å². The Morgan fingerprint density at radius 3 is 2.55 bits per heavy atom. The van der Waals surface area contributed by atoms with Gasteiger partial charge in [0.2, 0.25) is 0 Å². The summed E-state index contributed by atoms with van der Waals surface area (Å²) in [5.41, 5.74) is 9.00. The van der Waals surface area contributed by atoms with Crippen molar-refractivity contribution in [3.63, 3.8) is 0 Å². The molecule has 6 heteroatoms. The molecule has 0 aliphatic heterocycles. The number of nitrogens with one attached hydrogen (secondary N) is 1. The number of benzene rings is 2. The molecule has 4 nitrogen and oxygen atoms in total. The van der Waals surface area contributed by atoms with Gasteiger partial charge in [0.25, 0.3) is 0 Å². The van der Waals surface area contributed by atoms with Crippen LogP contribution in [0, 0.1) is 6.92 Å². The van der Waals surface area contributed by atoms with Gasteiger partial charge in [-0.1, -0.05) is 33.6 Å². The molecule has 0 aromatic heterocycles. The van der Waals surface area contributed by atoms with Crippen molar-refractivity contribution >= 4 is 51.6 Å². The number of nitrogens with zero attached hydrogens (tertiary/aromatic N) is 1. The minimum Gasteiger partial charge on any atom is -0.496 e. The molecule has 0 bridgehead atoms. The molecule has 0 aliphatic carbocycles. The second-order valence-electron chi connectivity index (χ2n) is 4.65. The third-order valence-corrected chi connectivity index (χ3v) is 3.48. The number of halogens is 2. The van der Waals surface area contributed by atoms with Crippen LogP contribution in [0.1, 0.15) is 11.1 Å². The maximum atomic E-state index is 5.91. The molecule has 0 amide bonds. The van der Waals surface area contributed by atoms with Crippen molar-refractivity contribution in [3.8, 4) is 5.75 Å². The number of hydrogen-bond donors (Lipinski definition) is 2. The van der Waals surface area contributed by atoms with E-state index in [1.807, 2.05) is 49.4 Å². The van der Waals surface area contributed by atoms with Gasteiger partial charge < -0.3 is 15.8 Å². The van der Waals surface area contributed by atoms with Crippen LogP contribution in [0.2, 0.25) is 0 Å². The summed E-state index contributed by atoms with van der Waals surface area (Å²) in [6.07, 6.45) is 0. The van der Waals surface area contributed by atoms with Crippen LogP contribution in [-0.2, 0) is 6.54 Å². The van der Waals surface area contributed by atoms with Crippen molar-refractivity contribution < 1.29 is 4.74 Å². The highest BCUT2D eigenvalue weighted by Gasteiger charge is 2.03. The number of methoxy groups -OCH3 is 1. The average molecular weight is 476 g/mol. The van der Waals surface area contributed by atoms with Crippen molar-refractivity contribution in [1.82, 2.24) is 0 Å². The smallest absolute Gasteiger partial charge is 0.193 e. The van der Waals surface area contributed by atoms with Gasteiger partial charge in [-0.25, -0.2) is 4.99 Å². The Labute approximate surface area is 156 Å². The molecule has 0 unspecified atom stereocenters. The van der Waals surface area contributed by atoms with Gasteiger partial charge in [0.1, 0.15) is 5.75 Å². The highest BCUT2D eigenvalue weighted by atomic mass is 127. The van der Waals surface area contributed by atoms with Gasteiger partial charge in [0.15, 0.2) is 5.96 Å². The van der Waals surface area contributed by atoms with Crippen LogP contribution in [0.5, 0.6) is 5.75 Å². The summed E-state index contributed by atoms with van der Waals surface area (Å²) >= 11 is 3.44. The first-order valence-corrected chi connectivity index (χ1v) is 7.34. The van der Waals surface area contributed by atoms with Crippen LogP contribution in [-0.4, -0.2) is 13.1 Å². The van der Waals surface area contributed by atoms with E-state index in [9.17, 15) is 0 Å². The number of aryl methyl sites for hydroxylation is 1. The molecule has 0 radical (unpaired) electrons. The zero-order valence-electron chi connectivity index (χ0n) is 12.5. The van der Waals surface area contributed by atoms with Crippen LogP contribution >= 0.6 is 39.9 Å². The largest absolute Gasteiger partial charge is 0.496 e. The average Bonchev–Trinajstić information content (AvgIpc) is 2.48. The van der Waals surface area contributed by atoms with Crippen LogP contribution < -0.4 is 15.8 Å². The highest BCUT2D eigenvalue weighted by Crippen LogP contribution is 2.23.